The van der Waals surface area contributed by atoms with E-state index in [1.807, 2.05) is 60.1 Å². The zero-order valence-corrected chi connectivity index (χ0v) is 41.4. The quantitative estimate of drug-likeness (QED) is 0.146. The van der Waals surface area contributed by atoms with Gasteiger partial charge in [0.25, 0.3) is 5.91 Å². The Morgan fingerprint density at radius 1 is 0.913 bits per heavy atom. The van der Waals surface area contributed by atoms with E-state index in [9.17, 15) is 14.9 Å². The van der Waals surface area contributed by atoms with Crippen molar-refractivity contribution in [2.75, 3.05) is 55.6 Å². The number of aryl methyl sites for hydroxylation is 4. The van der Waals surface area contributed by atoms with Gasteiger partial charge in [0.15, 0.2) is 17.3 Å². The molecule has 1 N–H and O–H groups in total. The van der Waals surface area contributed by atoms with Gasteiger partial charge in [-0.15, -0.1) is 10.2 Å². The Morgan fingerprint density at radius 3 is 2.42 bits per heavy atom. The van der Waals surface area contributed by atoms with Crippen LogP contribution >= 0.6 is 0 Å². The molecule has 362 valence electrons. The third kappa shape index (κ3) is 9.69. The molecule has 1 atom stereocenters. The van der Waals surface area contributed by atoms with Crippen molar-refractivity contribution in [2.45, 2.75) is 124 Å². The molecule has 1 aliphatic carbocycles. The summed E-state index contributed by atoms with van der Waals surface area (Å²) in [6.45, 7) is 17.8. The Morgan fingerprint density at radius 2 is 1.72 bits per heavy atom. The highest BCUT2D eigenvalue weighted by molar-refractivity contribution is 5.92. The van der Waals surface area contributed by atoms with E-state index in [1.165, 1.54) is 33.6 Å². The summed E-state index contributed by atoms with van der Waals surface area (Å²) in [7, 11) is 1.97. The Labute approximate surface area is 406 Å². The largest absolute Gasteiger partial charge is 0.490 e. The van der Waals surface area contributed by atoms with E-state index in [0.717, 1.165) is 139 Å². The number of hydrogen-bond acceptors (Lipinski definition) is 11. The molecule has 0 bridgehead atoms. The van der Waals surface area contributed by atoms with Crippen molar-refractivity contribution in [3.05, 3.63) is 94.1 Å². The second-order valence-electron chi connectivity index (χ2n) is 21.2. The van der Waals surface area contributed by atoms with Crippen LogP contribution in [0.5, 0.6) is 5.75 Å². The van der Waals surface area contributed by atoms with Gasteiger partial charge in [-0.1, -0.05) is 13.8 Å². The number of ether oxygens (including phenoxy) is 1. The molecule has 15 heteroatoms. The zero-order chi connectivity index (χ0) is 48.0. The standard InChI is InChI=1S/C54H68N12O3/c1-35-26-45(12-9-39(35)29-55)69-44-13-10-42(11-14-44)57-53(68)48-15-16-51(59-58-48)64-24-17-41(54(4,5)34-64)32-62-22-18-43(19-23-62)66-49-20-25-63(37(3)67)33-47(49)52(60-66)65-21-7-8-38-28-46(36(2)27-50(38)65)40-30-56-61(6)31-40/h9,12,15-16,26-28,30-31,41-44H,7-8,10-11,13-14,17-25,32-34H2,1-6H3,(H,57,68). The highest BCUT2D eigenvalue weighted by atomic mass is 16.5. The fourth-order valence-electron chi connectivity index (χ4n) is 11.9. The summed E-state index contributed by atoms with van der Waals surface area (Å²) in [6, 6.07) is 16.7. The molecular weight excluding hydrogens is 865 g/mol. The molecular formula is C54H68N12O3. The maximum atomic E-state index is 13.3. The van der Waals surface area contributed by atoms with Crippen molar-refractivity contribution in [1.82, 2.24) is 44.9 Å². The number of carbonyl (C=O) groups is 2. The van der Waals surface area contributed by atoms with Crippen molar-refractivity contribution in [3.63, 3.8) is 0 Å². The maximum absolute atomic E-state index is 13.3. The molecule has 0 radical (unpaired) electrons. The highest BCUT2D eigenvalue weighted by Gasteiger charge is 2.39. The van der Waals surface area contributed by atoms with Crippen molar-refractivity contribution < 1.29 is 14.3 Å². The van der Waals surface area contributed by atoms with Crippen LogP contribution in [0.2, 0.25) is 0 Å². The van der Waals surface area contributed by atoms with E-state index in [-0.39, 0.29) is 29.4 Å². The van der Waals surface area contributed by atoms with E-state index in [0.29, 0.717) is 29.8 Å². The van der Waals surface area contributed by atoms with Gasteiger partial charge in [-0.3, -0.25) is 19.0 Å². The van der Waals surface area contributed by atoms with Gasteiger partial charge in [0.2, 0.25) is 5.91 Å². The van der Waals surface area contributed by atoms with Gasteiger partial charge < -0.3 is 29.7 Å². The van der Waals surface area contributed by atoms with E-state index >= 15 is 0 Å². The second-order valence-corrected chi connectivity index (χ2v) is 21.2. The number of amides is 2. The predicted octanol–water partition coefficient (Wildman–Crippen LogP) is 7.86. The second kappa shape index (κ2) is 19.3. The smallest absolute Gasteiger partial charge is 0.272 e. The minimum Gasteiger partial charge on any atom is -0.490 e. The first-order chi connectivity index (χ1) is 33.3. The Balaban J connectivity index is 0.735. The first-order valence-corrected chi connectivity index (χ1v) is 25.4. The molecule has 2 amide bonds. The fraction of sp³-hybridized carbons (Fsp3) is 0.537. The van der Waals surface area contributed by atoms with Gasteiger partial charge in [-0.25, -0.2) is 0 Å². The summed E-state index contributed by atoms with van der Waals surface area (Å²) in [4.78, 5) is 35.5. The van der Waals surface area contributed by atoms with Gasteiger partial charge in [-0.05, 0) is 148 Å². The molecule has 69 heavy (non-hydrogen) atoms. The lowest BCUT2D eigenvalue weighted by Gasteiger charge is -2.47. The molecule has 2 aromatic carbocycles. The average molecular weight is 933 g/mol. The molecule has 7 heterocycles. The average Bonchev–Trinajstić information content (AvgIpc) is 3.96. The number of hydrogen-bond donors (Lipinski definition) is 1. The molecule has 5 aromatic rings. The summed E-state index contributed by atoms with van der Waals surface area (Å²) < 4.78 is 10.5. The topological polar surface area (TPSA) is 154 Å². The number of carbonyl (C=O) groups excluding carboxylic acids is 2. The number of fused-ring (bicyclic) bond motifs is 2. The number of nitrogens with one attached hydrogen (secondary N) is 1. The maximum Gasteiger partial charge on any atom is 0.272 e. The number of nitriles is 1. The summed E-state index contributed by atoms with van der Waals surface area (Å²) in [5.41, 5.74) is 10.7. The molecule has 3 fully saturated rings. The van der Waals surface area contributed by atoms with Crippen LogP contribution in [-0.4, -0.2) is 109 Å². The molecule has 2 saturated heterocycles. The lowest BCUT2D eigenvalue weighted by Crippen LogP contribution is -2.50. The lowest BCUT2D eigenvalue weighted by molar-refractivity contribution is -0.129. The van der Waals surface area contributed by atoms with Crippen LogP contribution in [0.15, 0.2) is 54.9 Å². The summed E-state index contributed by atoms with van der Waals surface area (Å²) in [5.74, 6) is 3.11. The Hall–Kier alpha value is -6.27. The summed E-state index contributed by atoms with van der Waals surface area (Å²) in [5, 5.41) is 31.4. The molecule has 3 aromatic heterocycles. The van der Waals surface area contributed by atoms with Crippen LogP contribution in [0, 0.1) is 36.5 Å². The number of anilines is 3. The predicted molar refractivity (Wildman–Crippen MR) is 267 cm³/mol. The zero-order valence-electron chi connectivity index (χ0n) is 41.4. The number of piperidine rings is 2. The molecule has 0 spiro atoms. The van der Waals surface area contributed by atoms with Gasteiger partial charge in [0.05, 0.1) is 36.5 Å². The van der Waals surface area contributed by atoms with Gasteiger partial charge in [0.1, 0.15) is 5.75 Å². The van der Waals surface area contributed by atoms with Crippen molar-refractivity contribution in [1.29, 1.82) is 5.26 Å². The van der Waals surface area contributed by atoms with Gasteiger partial charge in [0, 0.05) is 101 Å². The van der Waals surface area contributed by atoms with Crippen LogP contribution in [0.3, 0.4) is 0 Å². The molecule has 15 nitrogen and oxygen atoms in total. The number of rotatable bonds is 10. The number of benzene rings is 2. The first kappa shape index (κ1) is 46.5. The fourth-order valence-corrected chi connectivity index (χ4v) is 11.9. The van der Waals surface area contributed by atoms with Crippen molar-refractivity contribution in [3.8, 4) is 22.9 Å². The van der Waals surface area contributed by atoms with Gasteiger partial charge in [-0.2, -0.15) is 15.5 Å². The monoisotopic (exact) mass is 933 g/mol. The van der Waals surface area contributed by atoms with Crippen LogP contribution in [0.25, 0.3) is 11.1 Å². The number of likely N-dealkylation sites (tertiary alicyclic amines) is 1. The van der Waals surface area contributed by atoms with E-state index in [2.05, 4.69) is 85.2 Å². The summed E-state index contributed by atoms with van der Waals surface area (Å²) >= 11 is 0. The molecule has 4 aliphatic heterocycles. The highest BCUT2D eigenvalue weighted by Crippen LogP contribution is 2.43. The molecule has 10 rings (SSSR count). The van der Waals surface area contributed by atoms with Crippen LogP contribution < -0.4 is 19.9 Å². The van der Waals surface area contributed by atoms with Crippen molar-refractivity contribution in [2.24, 2.45) is 18.4 Å². The minimum atomic E-state index is -0.185. The van der Waals surface area contributed by atoms with Gasteiger partial charge >= 0.3 is 0 Å². The molecule has 5 aliphatic rings. The van der Waals surface area contributed by atoms with E-state index < -0.39 is 0 Å². The van der Waals surface area contributed by atoms with E-state index in [1.54, 1.807) is 6.92 Å². The normalized spacial score (nSPS) is 21.9. The molecule has 1 saturated carbocycles. The Kier molecular flexibility index (Phi) is 13.0. The number of nitrogens with zero attached hydrogens (tertiary/aromatic N) is 11. The molecule has 1 unspecified atom stereocenters. The third-order valence-electron chi connectivity index (χ3n) is 16.0. The lowest BCUT2D eigenvalue weighted by atomic mass is 9.73. The van der Waals surface area contributed by atoms with Crippen LogP contribution in [-0.2, 0) is 31.2 Å². The third-order valence-corrected chi connectivity index (χ3v) is 16.0. The Bertz CT molecular complexity index is 2740. The van der Waals surface area contributed by atoms with Crippen LogP contribution in [0.1, 0.15) is 122 Å². The number of aromatic nitrogens is 6. The van der Waals surface area contributed by atoms with Crippen LogP contribution in [0.4, 0.5) is 17.3 Å². The van der Waals surface area contributed by atoms with Crippen molar-refractivity contribution >= 4 is 29.1 Å². The minimum absolute atomic E-state index is 0.0642. The van der Waals surface area contributed by atoms with E-state index in [4.69, 9.17) is 9.84 Å². The summed E-state index contributed by atoms with van der Waals surface area (Å²) in [6.07, 6.45) is 13.6. The first-order valence-electron chi connectivity index (χ1n) is 25.4. The SMILES string of the molecule is CC(=O)N1CCc2c(c(N3CCCc4cc(-c5cnn(C)c5)c(C)cc43)nn2C2CCN(CC3CCN(c4ccc(C(=O)NC5CCC(Oc6ccc(C#N)c(C)c6)CC5)nn4)CC3(C)C)CC2)C1.